The third-order valence-corrected chi connectivity index (χ3v) is 3.21. The van der Waals surface area contributed by atoms with Crippen molar-refractivity contribution in [3.63, 3.8) is 0 Å². The average molecular weight is 305 g/mol. The van der Waals surface area contributed by atoms with E-state index in [1.807, 2.05) is 12.1 Å². The number of pyridine rings is 1. The molecular weight excluding hydrogens is 292 g/mol. The smallest absolute Gasteiger partial charge is 0.335 e. The number of aryl methyl sites for hydroxylation is 1. The first kappa shape index (κ1) is 15.0. The molecule has 0 aliphatic carbocycles. The van der Waals surface area contributed by atoms with Gasteiger partial charge in [0.25, 0.3) is 0 Å². The van der Waals surface area contributed by atoms with Gasteiger partial charge >= 0.3 is 5.97 Å². The molecule has 0 saturated heterocycles. The van der Waals surface area contributed by atoms with Gasteiger partial charge in [-0.05, 0) is 42.3 Å². The van der Waals surface area contributed by atoms with E-state index in [9.17, 15) is 9.59 Å². The maximum absolute atomic E-state index is 11.9. The zero-order valence-corrected chi connectivity index (χ0v) is 11.8. The van der Waals surface area contributed by atoms with Crippen molar-refractivity contribution in [2.24, 2.45) is 0 Å². The number of carbonyl (C=O) groups is 2. The lowest BCUT2D eigenvalue weighted by molar-refractivity contribution is -0.116. The summed E-state index contributed by atoms with van der Waals surface area (Å²) in [5, 5.41) is 11.9. The second kappa shape index (κ2) is 6.85. The van der Waals surface area contributed by atoms with E-state index >= 15 is 0 Å². The number of benzene rings is 1. The van der Waals surface area contributed by atoms with Gasteiger partial charge in [-0.25, -0.2) is 4.79 Å². The van der Waals surface area contributed by atoms with Crippen molar-refractivity contribution in [3.05, 3.63) is 58.9 Å². The average Bonchev–Trinajstić information content (AvgIpc) is 2.48. The van der Waals surface area contributed by atoms with Crippen molar-refractivity contribution in [1.82, 2.24) is 4.98 Å². The van der Waals surface area contributed by atoms with Gasteiger partial charge < -0.3 is 10.4 Å². The molecule has 0 aliphatic heterocycles. The highest BCUT2D eigenvalue weighted by Gasteiger charge is 2.10. The molecule has 0 spiro atoms. The van der Waals surface area contributed by atoms with Crippen LogP contribution in [0.15, 0.2) is 42.7 Å². The number of aromatic nitrogens is 1. The van der Waals surface area contributed by atoms with Crippen LogP contribution in [0.4, 0.5) is 5.69 Å². The Balaban J connectivity index is 1.99. The third kappa shape index (κ3) is 4.29. The van der Waals surface area contributed by atoms with Crippen molar-refractivity contribution in [2.45, 2.75) is 12.8 Å². The zero-order chi connectivity index (χ0) is 15.2. The minimum absolute atomic E-state index is 0.0730. The van der Waals surface area contributed by atoms with Crippen LogP contribution in [0.1, 0.15) is 22.3 Å². The monoisotopic (exact) mass is 304 g/mol. The lowest BCUT2D eigenvalue weighted by Crippen LogP contribution is -2.13. The Hall–Kier alpha value is -2.40. The summed E-state index contributed by atoms with van der Waals surface area (Å²) in [7, 11) is 0. The molecule has 0 unspecified atom stereocenters. The standard InChI is InChI=1S/C15H13ClN2O3/c16-12-3-2-11(15(20)21)9-13(12)18-14(19)4-1-10-5-7-17-8-6-10/h2-3,5-9H,1,4H2,(H,18,19)(H,20,21). The highest BCUT2D eigenvalue weighted by Crippen LogP contribution is 2.23. The minimum Gasteiger partial charge on any atom is -0.478 e. The SMILES string of the molecule is O=C(CCc1ccncc1)Nc1cc(C(=O)O)ccc1Cl. The molecule has 5 nitrogen and oxygen atoms in total. The Morgan fingerprint density at radius 3 is 2.57 bits per heavy atom. The Bertz CT molecular complexity index is 659. The van der Waals surface area contributed by atoms with E-state index in [2.05, 4.69) is 10.3 Å². The summed E-state index contributed by atoms with van der Waals surface area (Å²) in [4.78, 5) is 26.7. The molecule has 1 aromatic carbocycles. The van der Waals surface area contributed by atoms with Crippen LogP contribution < -0.4 is 5.32 Å². The van der Waals surface area contributed by atoms with Crippen LogP contribution in [-0.4, -0.2) is 22.0 Å². The lowest BCUT2D eigenvalue weighted by Gasteiger charge is -2.08. The Morgan fingerprint density at radius 2 is 1.90 bits per heavy atom. The van der Waals surface area contributed by atoms with Crippen LogP contribution in [-0.2, 0) is 11.2 Å². The highest BCUT2D eigenvalue weighted by atomic mass is 35.5. The van der Waals surface area contributed by atoms with Gasteiger partial charge in [0.05, 0.1) is 16.3 Å². The second-order valence-electron chi connectivity index (χ2n) is 4.40. The van der Waals surface area contributed by atoms with E-state index in [1.54, 1.807) is 12.4 Å². The maximum Gasteiger partial charge on any atom is 0.335 e. The summed E-state index contributed by atoms with van der Waals surface area (Å²) in [6.07, 6.45) is 4.18. The normalized spacial score (nSPS) is 10.1. The van der Waals surface area contributed by atoms with Crippen LogP contribution in [0.3, 0.4) is 0 Å². The van der Waals surface area contributed by atoms with Crippen LogP contribution in [0, 0.1) is 0 Å². The molecular formula is C15H13ClN2O3. The maximum atomic E-state index is 11.9. The van der Waals surface area contributed by atoms with Crippen LogP contribution >= 0.6 is 11.6 Å². The Kier molecular flexibility index (Phi) is 4.90. The summed E-state index contributed by atoms with van der Waals surface area (Å²) in [6.45, 7) is 0. The van der Waals surface area contributed by atoms with Gasteiger partial charge in [0, 0.05) is 18.8 Å². The van der Waals surface area contributed by atoms with Crippen molar-refractivity contribution in [3.8, 4) is 0 Å². The summed E-state index contributed by atoms with van der Waals surface area (Å²) in [5.41, 5.74) is 1.38. The van der Waals surface area contributed by atoms with E-state index in [0.717, 1.165) is 5.56 Å². The number of carboxylic acids is 1. The molecule has 108 valence electrons. The number of nitrogens with one attached hydrogen (secondary N) is 1. The summed E-state index contributed by atoms with van der Waals surface area (Å²) in [6, 6.07) is 7.85. The molecule has 2 aromatic rings. The van der Waals surface area contributed by atoms with E-state index in [1.165, 1.54) is 18.2 Å². The molecule has 2 N–H and O–H groups in total. The lowest BCUT2D eigenvalue weighted by atomic mass is 10.1. The number of aromatic carboxylic acids is 1. The first-order valence-corrected chi connectivity index (χ1v) is 6.65. The molecule has 6 heteroatoms. The first-order chi connectivity index (χ1) is 10.1. The Labute approximate surface area is 126 Å². The number of carbonyl (C=O) groups excluding carboxylic acids is 1. The van der Waals surface area contributed by atoms with Gasteiger partial charge in [0.2, 0.25) is 5.91 Å². The molecule has 1 aromatic heterocycles. The fourth-order valence-electron chi connectivity index (χ4n) is 1.77. The van der Waals surface area contributed by atoms with Crippen LogP contribution in [0.2, 0.25) is 5.02 Å². The van der Waals surface area contributed by atoms with Gasteiger partial charge in [-0.3, -0.25) is 9.78 Å². The van der Waals surface area contributed by atoms with Gasteiger partial charge in [-0.15, -0.1) is 0 Å². The molecule has 0 saturated carbocycles. The number of halogens is 1. The molecule has 1 amide bonds. The van der Waals surface area contributed by atoms with Gasteiger partial charge in [0.15, 0.2) is 0 Å². The van der Waals surface area contributed by atoms with E-state index in [4.69, 9.17) is 16.7 Å². The van der Waals surface area contributed by atoms with E-state index < -0.39 is 5.97 Å². The quantitative estimate of drug-likeness (QED) is 0.890. The molecule has 0 atom stereocenters. The van der Waals surface area contributed by atoms with Crippen molar-refractivity contribution >= 4 is 29.2 Å². The molecule has 0 fully saturated rings. The van der Waals surface area contributed by atoms with Crippen molar-refractivity contribution in [2.75, 3.05) is 5.32 Å². The van der Waals surface area contributed by atoms with Crippen molar-refractivity contribution < 1.29 is 14.7 Å². The van der Waals surface area contributed by atoms with Crippen molar-refractivity contribution in [1.29, 1.82) is 0 Å². The largest absolute Gasteiger partial charge is 0.478 e. The topological polar surface area (TPSA) is 79.3 Å². The molecule has 21 heavy (non-hydrogen) atoms. The van der Waals surface area contributed by atoms with Crippen LogP contribution in [0.5, 0.6) is 0 Å². The number of hydrogen-bond donors (Lipinski definition) is 2. The van der Waals surface area contributed by atoms with Gasteiger partial charge in [-0.2, -0.15) is 0 Å². The fourth-order valence-corrected chi connectivity index (χ4v) is 1.94. The highest BCUT2D eigenvalue weighted by molar-refractivity contribution is 6.33. The molecule has 0 bridgehead atoms. The first-order valence-electron chi connectivity index (χ1n) is 6.28. The molecule has 2 rings (SSSR count). The number of anilines is 1. The predicted octanol–water partition coefficient (Wildman–Crippen LogP) is 3.00. The number of carboxylic acid groups (broad SMARTS) is 1. The number of amides is 1. The van der Waals surface area contributed by atoms with Crippen LogP contribution in [0.25, 0.3) is 0 Å². The van der Waals surface area contributed by atoms with Gasteiger partial charge in [0.1, 0.15) is 0 Å². The fraction of sp³-hybridized carbons (Fsp3) is 0.133. The van der Waals surface area contributed by atoms with Gasteiger partial charge in [-0.1, -0.05) is 11.6 Å². The zero-order valence-electron chi connectivity index (χ0n) is 11.0. The summed E-state index contributed by atoms with van der Waals surface area (Å²) in [5.74, 6) is -1.30. The molecule has 1 heterocycles. The molecule has 0 aliphatic rings. The Morgan fingerprint density at radius 1 is 1.19 bits per heavy atom. The minimum atomic E-state index is -1.07. The number of rotatable bonds is 5. The van der Waals surface area contributed by atoms with E-state index in [-0.39, 0.29) is 17.9 Å². The third-order valence-electron chi connectivity index (χ3n) is 2.88. The number of hydrogen-bond acceptors (Lipinski definition) is 3. The predicted molar refractivity (Wildman–Crippen MR) is 79.6 cm³/mol. The second-order valence-corrected chi connectivity index (χ2v) is 4.81. The van der Waals surface area contributed by atoms with E-state index in [0.29, 0.717) is 17.1 Å². The number of nitrogens with zero attached hydrogens (tertiary/aromatic N) is 1. The summed E-state index contributed by atoms with van der Waals surface area (Å²) < 4.78 is 0. The molecule has 0 radical (unpaired) electrons. The summed E-state index contributed by atoms with van der Waals surface area (Å²) >= 11 is 5.95.